The molecule has 2 N–H and O–H groups in total. The Morgan fingerprint density at radius 1 is 1.25 bits per heavy atom. The van der Waals surface area contributed by atoms with Gasteiger partial charge in [0.15, 0.2) is 0 Å². The van der Waals surface area contributed by atoms with Crippen LogP contribution in [0.3, 0.4) is 0 Å². The summed E-state index contributed by atoms with van der Waals surface area (Å²) < 4.78 is 5.64. The van der Waals surface area contributed by atoms with Gasteiger partial charge >= 0.3 is 0 Å². The van der Waals surface area contributed by atoms with Crippen LogP contribution in [0.5, 0.6) is 5.75 Å². The number of ether oxygens (including phenoxy) is 1. The van der Waals surface area contributed by atoms with Crippen LogP contribution in [0.15, 0.2) is 24.3 Å². The number of nitrogens with one attached hydrogen (secondary N) is 2. The monoisotopic (exact) mass is 278 g/mol. The number of rotatable bonds is 10. The number of likely N-dealkylation sites (N-methyl/N-ethyl adjacent to an activating group) is 1. The number of hydrogen-bond donors (Lipinski definition) is 2. The third-order valence-corrected chi connectivity index (χ3v) is 2.93. The zero-order valence-corrected chi connectivity index (χ0v) is 12.6. The van der Waals surface area contributed by atoms with Crippen molar-refractivity contribution in [3.05, 3.63) is 29.8 Å². The maximum absolute atomic E-state index is 11.5. The van der Waals surface area contributed by atoms with Crippen LogP contribution in [0.1, 0.15) is 31.7 Å². The Labute approximate surface area is 121 Å². The Hall–Kier alpha value is -1.55. The van der Waals surface area contributed by atoms with E-state index in [9.17, 15) is 4.79 Å². The van der Waals surface area contributed by atoms with Crippen molar-refractivity contribution in [3.63, 3.8) is 0 Å². The van der Waals surface area contributed by atoms with Gasteiger partial charge in [-0.15, -0.1) is 0 Å². The Morgan fingerprint density at radius 2 is 2.10 bits per heavy atom. The molecule has 1 aromatic carbocycles. The molecule has 0 atom stereocenters. The van der Waals surface area contributed by atoms with Gasteiger partial charge in [-0.25, -0.2) is 0 Å². The lowest BCUT2D eigenvalue weighted by Crippen LogP contribution is -2.31. The van der Waals surface area contributed by atoms with Crippen LogP contribution in [0.2, 0.25) is 0 Å². The normalized spacial score (nSPS) is 10.3. The zero-order valence-electron chi connectivity index (χ0n) is 12.6. The molecule has 1 rings (SSSR count). The van der Waals surface area contributed by atoms with Crippen LogP contribution in [0.4, 0.5) is 0 Å². The highest BCUT2D eigenvalue weighted by atomic mass is 16.5. The second-order valence-electron chi connectivity index (χ2n) is 4.83. The molecule has 0 bridgehead atoms. The minimum atomic E-state index is 0.124. The van der Waals surface area contributed by atoms with Gasteiger partial charge in [-0.3, -0.25) is 4.79 Å². The van der Waals surface area contributed by atoms with Crippen molar-refractivity contribution < 1.29 is 9.53 Å². The smallest absolute Gasteiger partial charge is 0.220 e. The van der Waals surface area contributed by atoms with E-state index >= 15 is 0 Å². The van der Waals surface area contributed by atoms with Crippen LogP contribution in [-0.4, -0.2) is 32.1 Å². The first-order valence-corrected chi connectivity index (χ1v) is 7.39. The van der Waals surface area contributed by atoms with Crippen molar-refractivity contribution in [1.82, 2.24) is 10.6 Å². The second-order valence-corrected chi connectivity index (χ2v) is 4.83. The summed E-state index contributed by atoms with van der Waals surface area (Å²) in [6.45, 7) is 7.23. The predicted molar refractivity (Wildman–Crippen MR) is 82.1 cm³/mol. The first-order valence-electron chi connectivity index (χ1n) is 7.39. The molecule has 4 nitrogen and oxygen atoms in total. The standard InChI is InChI=1S/C16H26N2O2/c1-3-17-10-11-18-16(19)9-4-5-12-20-15-8-6-7-14(2)13-15/h6-8,13,17H,3-5,9-12H2,1-2H3,(H,18,19). The van der Waals surface area contributed by atoms with Crippen molar-refractivity contribution in [1.29, 1.82) is 0 Å². The second kappa shape index (κ2) is 10.3. The molecule has 0 radical (unpaired) electrons. The van der Waals surface area contributed by atoms with Gasteiger partial charge in [-0.2, -0.15) is 0 Å². The van der Waals surface area contributed by atoms with Crippen LogP contribution in [-0.2, 0) is 4.79 Å². The number of benzene rings is 1. The summed E-state index contributed by atoms with van der Waals surface area (Å²) in [5.41, 5.74) is 1.20. The van der Waals surface area contributed by atoms with E-state index < -0.39 is 0 Å². The number of hydrogen-bond acceptors (Lipinski definition) is 3. The van der Waals surface area contributed by atoms with Gasteiger partial charge < -0.3 is 15.4 Å². The summed E-state index contributed by atoms with van der Waals surface area (Å²) in [6.07, 6.45) is 2.33. The fourth-order valence-electron chi connectivity index (χ4n) is 1.84. The van der Waals surface area contributed by atoms with E-state index in [0.29, 0.717) is 19.6 Å². The summed E-state index contributed by atoms with van der Waals surface area (Å²) in [6, 6.07) is 8.01. The minimum Gasteiger partial charge on any atom is -0.494 e. The van der Waals surface area contributed by atoms with Gasteiger partial charge in [0, 0.05) is 19.5 Å². The Bertz CT molecular complexity index is 394. The van der Waals surface area contributed by atoms with Crippen molar-refractivity contribution in [3.8, 4) is 5.75 Å². The van der Waals surface area contributed by atoms with Crippen LogP contribution in [0, 0.1) is 6.92 Å². The molecule has 0 aliphatic heterocycles. The zero-order chi connectivity index (χ0) is 14.6. The largest absolute Gasteiger partial charge is 0.494 e. The van der Waals surface area contributed by atoms with Crippen LogP contribution in [0.25, 0.3) is 0 Å². The fraction of sp³-hybridized carbons (Fsp3) is 0.562. The maximum Gasteiger partial charge on any atom is 0.220 e. The van der Waals surface area contributed by atoms with E-state index in [2.05, 4.69) is 17.6 Å². The molecule has 0 unspecified atom stereocenters. The molecule has 0 saturated carbocycles. The van der Waals surface area contributed by atoms with Gasteiger partial charge in [-0.1, -0.05) is 19.1 Å². The molecule has 0 aliphatic rings. The van der Waals surface area contributed by atoms with Crippen molar-refractivity contribution >= 4 is 5.91 Å². The molecule has 0 aliphatic carbocycles. The van der Waals surface area contributed by atoms with E-state index in [0.717, 1.165) is 31.7 Å². The molecule has 20 heavy (non-hydrogen) atoms. The molecular weight excluding hydrogens is 252 g/mol. The Morgan fingerprint density at radius 3 is 2.85 bits per heavy atom. The molecule has 4 heteroatoms. The third kappa shape index (κ3) is 7.79. The summed E-state index contributed by atoms with van der Waals surface area (Å²) in [5, 5.41) is 6.06. The summed E-state index contributed by atoms with van der Waals surface area (Å²) in [4.78, 5) is 11.5. The van der Waals surface area contributed by atoms with E-state index in [1.54, 1.807) is 0 Å². The van der Waals surface area contributed by atoms with Gasteiger partial charge in [0.2, 0.25) is 5.91 Å². The predicted octanol–water partition coefficient (Wildman–Crippen LogP) is 2.27. The van der Waals surface area contributed by atoms with Crippen molar-refractivity contribution in [2.75, 3.05) is 26.2 Å². The van der Waals surface area contributed by atoms with Gasteiger partial charge in [-0.05, 0) is 44.0 Å². The first-order chi connectivity index (χ1) is 9.72. The van der Waals surface area contributed by atoms with Crippen LogP contribution < -0.4 is 15.4 Å². The Balaban J connectivity index is 2.00. The average molecular weight is 278 g/mol. The van der Waals surface area contributed by atoms with E-state index in [4.69, 9.17) is 4.74 Å². The Kier molecular flexibility index (Phi) is 8.47. The molecule has 0 saturated heterocycles. The van der Waals surface area contributed by atoms with Gasteiger partial charge in [0.1, 0.15) is 5.75 Å². The highest BCUT2D eigenvalue weighted by Gasteiger charge is 2.00. The van der Waals surface area contributed by atoms with Crippen LogP contribution >= 0.6 is 0 Å². The SMILES string of the molecule is CCNCCNC(=O)CCCCOc1cccc(C)c1. The minimum absolute atomic E-state index is 0.124. The first kappa shape index (κ1) is 16.5. The summed E-state index contributed by atoms with van der Waals surface area (Å²) in [5.74, 6) is 1.03. The molecule has 0 aromatic heterocycles. The number of unbranched alkanes of at least 4 members (excludes halogenated alkanes) is 1. The molecule has 1 aromatic rings. The number of carbonyl (C=O) groups excluding carboxylic acids is 1. The van der Waals surface area contributed by atoms with Crippen molar-refractivity contribution in [2.24, 2.45) is 0 Å². The number of carbonyl (C=O) groups is 1. The average Bonchev–Trinajstić information content (AvgIpc) is 2.43. The third-order valence-electron chi connectivity index (χ3n) is 2.93. The molecule has 0 spiro atoms. The van der Waals surface area contributed by atoms with E-state index in [1.165, 1.54) is 5.56 Å². The highest BCUT2D eigenvalue weighted by Crippen LogP contribution is 2.12. The molecular formula is C16H26N2O2. The fourth-order valence-corrected chi connectivity index (χ4v) is 1.84. The number of amides is 1. The van der Waals surface area contributed by atoms with Crippen molar-refractivity contribution in [2.45, 2.75) is 33.1 Å². The lowest BCUT2D eigenvalue weighted by Gasteiger charge is -2.07. The summed E-state index contributed by atoms with van der Waals surface area (Å²) >= 11 is 0. The maximum atomic E-state index is 11.5. The lowest BCUT2D eigenvalue weighted by atomic mass is 10.2. The lowest BCUT2D eigenvalue weighted by molar-refractivity contribution is -0.121. The molecule has 112 valence electrons. The molecule has 1 amide bonds. The molecule has 0 fully saturated rings. The number of aryl methyl sites for hydroxylation is 1. The van der Waals surface area contributed by atoms with Gasteiger partial charge in [0.25, 0.3) is 0 Å². The summed E-state index contributed by atoms with van der Waals surface area (Å²) in [7, 11) is 0. The topological polar surface area (TPSA) is 50.4 Å². The van der Waals surface area contributed by atoms with Gasteiger partial charge in [0.05, 0.1) is 6.61 Å². The van der Waals surface area contributed by atoms with E-state index in [1.807, 2.05) is 31.2 Å². The molecule has 0 heterocycles. The van der Waals surface area contributed by atoms with E-state index in [-0.39, 0.29) is 5.91 Å². The quantitative estimate of drug-likeness (QED) is 0.646. The highest BCUT2D eigenvalue weighted by molar-refractivity contribution is 5.75.